The van der Waals surface area contributed by atoms with Crippen molar-refractivity contribution in [3.05, 3.63) is 62.5 Å². The minimum Gasteiger partial charge on any atom is -0.481 e. The van der Waals surface area contributed by atoms with Crippen LogP contribution in [0.25, 0.3) is 5.00 Å². The molecule has 1 saturated heterocycles. The minimum atomic E-state index is -0.876. The summed E-state index contributed by atoms with van der Waals surface area (Å²) in [5.41, 5.74) is 3.87. The summed E-state index contributed by atoms with van der Waals surface area (Å²) in [6.07, 6.45) is 1.68. The van der Waals surface area contributed by atoms with E-state index in [1.807, 2.05) is 35.8 Å². The number of nitrogens with one attached hydrogen (secondary N) is 1. The fourth-order valence-electron chi connectivity index (χ4n) is 5.41. The van der Waals surface area contributed by atoms with Gasteiger partial charge in [0, 0.05) is 53.0 Å². The molecule has 5 rings (SSSR count). The highest BCUT2D eigenvalue weighted by Crippen LogP contribution is 2.40. The number of carbonyl (C=O) groups excluding carboxylic acids is 2. The van der Waals surface area contributed by atoms with Gasteiger partial charge in [0.1, 0.15) is 16.9 Å². The normalized spacial score (nSPS) is 16.9. The summed E-state index contributed by atoms with van der Waals surface area (Å²) in [5.74, 6) is 0.187. The molecule has 1 aromatic carbocycles. The van der Waals surface area contributed by atoms with E-state index in [2.05, 4.69) is 29.4 Å². The van der Waals surface area contributed by atoms with Crippen molar-refractivity contribution in [1.82, 2.24) is 25.0 Å². The Labute approximate surface area is 247 Å². The van der Waals surface area contributed by atoms with E-state index >= 15 is 0 Å². The van der Waals surface area contributed by atoms with Crippen LogP contribution in [-0.4, -0.2) is 67.9 Å². The van der Waals surface area contributed by atoms with E-state index < -0.39 is 12.0 Å². The molecule has 2 aromatic heterocycles. The molecule has 2 aliphatic heterocycles. The molecule has 0 unspecified atom stereocenters. The summed E-state index contributed by atoms with van der Waals surface area (Å²) < 4.78 is 2.03. The Kier molecular flexibility index (Phi) is 8.55. The van der Waals surface area contributed by atoms with Crippen molar-refractivity contribution in [3.63, 3.8) is 0 Å². The van der Waals surface area contributed by atoms with Crippen LogP contribution in [0.4, 0.5) is 0 Å². The zero-order valence-corrected chi connectivity index (χ0v) is 24.9. The van der Waals surface area contributed by atoms with Crippen LogP contribution in [0.1, 0.15) is 71.4 Å². The molecule has 2 aliphatic rings. The third-order valence-electron chi connectivity index (χ3n) is 7.81. The molecular formula is C29H33ClN6O4S. The Balaban J connectivity index is 1.36. The van der Waals surface area contributed by atoms with E-state index in [0.29, 0.717) is 49.7 Å². The predicted octanol–water partition coefficient (Wildman–Crippen LogP) is 4.41. The second-order valence-electron chi connectivity index (χ2n) is 10.6. The Hall–Kier alpha value is -3.57. The highest BCUT2D eigenvalue weighted by molar-refractivity contribution is 7.15. The van der Waals surface area contributed by atoms with Gasteiger partial charge in [-0.15, -0.1) is 21.5 Å². The zero-order chi connectivity index (χ0) is 29.3. The van der Waals surface area contributed by atoms with E-state index in [1.54, 1.807) is 16.2 Å². The van der Waals surface area contributed by atoms with Crippen molar-refractivity contribution < 1.29 is 19.5 Å². The van der Waals surface area contributed by atoms with Gasteiger partial charge in [0.2, 0.25) is 11.8 Å². The molecule has 12 heteroatoms. The number of carboxylic acids is 1. The number of aromatic nitrogens is 3. The summed E-state index contributed by atoms with van der Waals surface area (Å²) in [7, 11) is 0. The molecule has 0 radical (unpaired) electrons. The quantitative estimate of drug-likeness (QED) is 0.371. The predicted molar refractivity (Wildman–Crippen MR) is 157 cm³/mol. The smallest absolute Gasteiger partial charge is 0.303 e. The highest BCUT2D eigenvalue weighted by Gasteiger charge is 2.34. The number of nitrogens with zero attached hydrogens (tertiary/aromatic N) is 5. The number of piperidine rings is 1. The van der Waals surface area contributed by atoms with Gasteiger partial charge in [-0.3, -0.25) is 23.9 Å². The van der Waals surface area contributed by atoms with E-state index in [0.717, 1.165) is 33.2 Å². The number of aliphatic imine (C=N–C) groups is 1. The number of carboxylic acid groups (broad SMARTS) is 1. The Morgan fingerprint density at radius 1 is 1.10 bits per heavy atom. The van der Waals surface area contributed by atoms with Crippen LogP contribution in [0, 0.1) is 26.7 Å². The number of amides is 2. The fraction of sp³-hybridized carbons (Fsp3) is 0.448. The number of aliphatic carboxylic acids is 1. The van der Waals surface area contributed by atoms with E-state index in [4.69, 9.17) is 21.7 Å². The van der Waals surface area contributed by atoms with Crippen LogP contribution in [0.3, 0.4) is 0 Å². The number of rotatable bonds is 8. The molecule has 2 amide bonds. The molecule has 216 valence electrons. The second kappa shape index (κ2) is 12.1. The van der Waals surface area contributed by atoms with Gasteiger partial charge in [0.15, 0.2) is 5.82 Å². The Bertz CT molecular complexity index is 1500. The monoisotopic (exact) mass is 596 g/mol. The first-order chi connectivity index (χ1) is 19.6. The average molecular weight is 597 g/mol. The lowest BCUT2D eigenvalue weighted by Crippen LogP contribution is -2.43. The lowest BCUT2D eigenvalue weighted by molar-refractivity contribution is -0.137. The molecule has 1 atom stereocenters. The number of halogens is 1. The van der Waals surface area contributed by atoms with E-state index in [1.165, 1.54) is 4.88 Å². The molecule has 10 nitrogen and oxygen atoms in total. The Morgan fingerprint density at radius 2 is 1.80 bits per heavy atom. The fourth-order valence-corrected chi connectivity index (χ4v) is 6.75. The maximum absolute atomic E-state index is 13.6. The first-order valence-electron chi connectivity index (χ1n) is 13.8. The van der Waals surface area contributed by atoms with Gasteiger partial charge >= 0.3 is 5.97 Å². The van der Waals surface area contributed by atoms with Crippen molar-refractivity contribution in [3.8, 4) is 5.00 Å². The van der Waals surface area contributed by atoms with Gasteiger partial charge in [-0.25, -0.2) is 0 Å². The standard InChI is InChI=1S/C29H33ClN6O4S/c1-16-17(2)41-29-25(16)26(19-6-8-21(30)9-7-19)32-22(27-34-33-18(3)36(27)29)15-23(37)35-13-10-20(11-14-35)28(40)31-12-4-5-24(38)39/h6-9,20,22H,4-5,10-15H2,1-3H3,(H,31,40)(H,38,39)/t22-/m0/s1. The van der Waals surface area contributed by atoms with E-state index in [-0.39, 0.29) is 30.6 Å². The Morgan fingerprint density at radius 3 is 2.49 bits per heavy atom. The summed E-state index contributed by atoms with van der Waals surface area (Å²) >= 11 is 7.86. The summed E-state index contributed by atoms with van der Waals surface area (Å²) in [5, 5.41) is 22.1. The van der Waals surface area contributed by atoms with E-state index in [9.17, 15) is 14.4 Å². The van der Waals surface area contributed by atoms with Crippen molar-refractivity contribution in [2.45, 2.75) is 58.9 Å². The van der Waals surface area contributed by atoms with Crippen LogP contribution in [0.5, 0.6) is 0 Å². The lowest BCUT2D eigenvalue weighted by Gasteiger charge is -2.32. The maximum atomic E-state index is 13.6. The largest absolute Gasteiger partial charge is 0.481 e. The molecule has 3 aromatic rings. The number of thiophene rings is 1. The molecule has 1 fully saturated rings. The van der Waals surface area contributed by atoms with Gasteiger partial charge in [-0.05, 0) is 57.7 Å². The molecule has 0 bridgehead atoms. The molecule has 41 heavy (non-hydrogen) atoms. The molecule has 0 spiro atoms. The number of carbonyl (C=O) groups is 3. The average Bonchev–Trinajstić information content (AvgIpc) is 3.43. The molecular weight excluding hydrogens is 564 g/mol. The number of likely N-dealkylation sites (tertiary alicyclic amines) is 1. The first kappa shape index (κ1) is 28.9. The van der Waals surface area contributed by atoms with Crippen LogP contribution in [-0.2, 0) is 14.4 Å². The van der Waals surface area contributed by atoms with Crippen molar-refractivity contribution in [1.29, 1.82) is 0 Å². The van der Waals surface area contributed by atoms with Crippen molar-refractivity contribution in [2.24, 2.45) is 10.9 Å². The third kappa shape index (κ3) is 6.06. The van der Waals surface area contributed by atoms with Gasteiger partial charge in [0.25, 0.3) is 0 Å². The zero-order valence-electron chi connectivity index (χ0n) is 23.3. The maximum Gasteiger partial charge on any atom is 0.303 e. The van der Waals surface area contributed by atoms with Crippen LogP contribution >= 0.6 is 22.9 Å². The number of aryl methyl sites for hydroxylation is 2. The highest BCUT2D eigenvalue weighted by atomic mass is 35.5. The lowest BCUT2D eigenvalue weighted by atomic mass is 9.95. The number of hydrogen-bond donors (Lipinski definition) is 2. The summed E-state index contributed by atoms with van der Waals surface area (Å²) in [6, 6.07) is 7.05. The minimum absolute atomic E-state index is 0.0244. The molecule has 4 heterocycles. The van der Waals surface area contributed by atoms with Crippen LogP contribution in [0.15, 0.2) is 29.3 Å². The number of fused-ring (bicyclic) bond motifs is 3. The van der Waals surface area contributed by atoms with Crippen molar-refractivity contribution >= 4 is 46.4 Å². The first-order valence-corrected chi connectivity index (χ1v) is 15.0. The van der Waals surface area contributed by atoms with Gasteiger partial charge < -0.3 is 15.3 Å². The number of hydrogen-bond acceptors (Lipinski definition) is 7. The van der Waals surface area contributed by atoms with Gasteiger partial charge in [-0.2, -0.15) is 0 Å². The SMILES string of the molecule is Cc1sc2c(c1C)C(c1ccc(Cl)cc1)=N[C@@H](CC(=O)N1CCC(C(=O)NCCCC(=O)O)CC1)c1nnc(C)n1-2. The topological polar surface area (TPSA) is 130 Å². The second-order valence-corrected chi connectivity index (χ2v) is 12.2. The van der Waals surface area contributed by atoms with Gasteiger partial charge in [0.05, 0.1) is 12.1 Å². The van der Waals surface area contributed by atoms with Gasteiger partial charge in [-0.1, -0.05) is 23.7 Å². The van der Waals surface area contributed by atoms with Crippen molar-refractivity contribution in [2.75, 3.05) is 19.6 Å². The van der Waals surface area contributed by atoms with Crippen LogP contribution in [0.2, 0.25) is 5.02 Å². The summed E-state index contributed by atoms with van der Waals surface area (Å²) in [4.78, 5) is 45.0. The number of benzene rings is 1. The summed E-state index contributed by atoms with van der Waals surface area (Å²) in [6.45, 7) is 7.38. The molecule has 0 aliphatic carbocycles. The van der Waals surface area contributed by atoms with Crippen LogP contribution < -0.4 is 5.32 Å². The molecule has 0 saturated carbocycles. The third-order valence-corrected chi connectivity index (χ3v) is 9.25. The molecule has 2 N–H and O–H groups in total.